The number of benzene rings is 1. The SMILES string of the molecule is CN=C(NCc1ccccc1CN(C)C(C)C)NC(C)C.I. The smallest absolute Gasteiger partial charge is 0.191 e. The van der Waals surface area contributed by atoms with Crippen molar-refractivity contribution < 1.29 is 0 Å². The quantitative estimate of drug-likeness (QED) is 0.424. The van der Waals surface area contributed by atoms with Gasteiger partial charge in [0.1, 0.15) is 0 Å². The summed E-state index contributed by atoms with van der Waals surface area (Å²) in [5, 5.41) is 6.69. The lowest BCUT2D eigenvalue weighted by molar-refractivity contribution is 0.265. The fraction of sp³-hybridized carbons (Fsp3) is 0.588. The minimum absolute atomic E-state index is 0. The summed E-state index contributed by atoms with van der Waals surface area (Å²) in [4.78, 5) is 6.59. The summed E-state index contributed by atoms with van der Waals surface area (Å²) in [7, 11) is 3.96. The second-order valence-corrected chi connectivity index (χ2v) is 6.00. The Kier molecular flexibility index (Phi) is 10.4. The normalized spacial score (nSPS) is 11.8. The Balaban J connectivity index is 0.00000441. The predicted octanol–water partition coefficient (Wildman–Crippen LogP) is 3.22. The number of nitrogens with one attached hydrogen (secondary N) is 2. The maximum Gasteiger partial charge on any atom is 0.191 e. The van der Waals surface area contributed by atoms with Crippen LogP contribution >= 0.6 is 24.0 Å². The molecule has 22 heavy (non-hydrogen) atoms. The number of halogens is 1. The first-order chi connectivity index (χ1) is 9.93. The minimum atomic E-state index is 0. The van der Waals surface area contributed by atoms with Gasteiger partial charge in [-0.15, -0.1) is 24.0 Å². The fourth-order valence-corrected chi connectivity index (χ4v) is 1.98. The molecule has 0 heterocycles. The van der Waals surface area contributed by atoms with Gasteiger partial charge in [0, 0.05) is 32.2 Å². The molecule has 5 heteroatoms. The van der Waals surface area contributed by atoms with Gasteiger partial charge in [-0.3, -0.25) is 9.89 Å². The number of hydrogen-bond acceptors (Lipinski definition) is 2. The molecule has 0 radical (unpaired) electrons. The van der Waals surface area contributed by atoms with E-state index in [0.717, 1.165) is 19.0 Å². The van der Waals surface area contributed by atoms with E-state index in [9.17, 15) is 0 Å². The fourth-order valence-electron chi connectivity index (χ4n) is 1.98. The molecule has 0 aliphatic heterocycles. The average Bonchev–Trinajstić information content (AvgIpc) is 2.44. The molecule has 0 amide bonds. The number of guanidine groups is 1. The first-order valence-electron chi connectivity index (χ1n) is 7.68. The summed E-state index contributed by atoms with van der Waals surface area (Å²) >= 11 is 0. The number of hydrogen-bond donors (Lipinski definition) is 2. The van der Waals surface area contributed by atoms with E-state index in [4.69, 9.17) is 0 Å². The summed E-state index contributed by atoms with van der Waals surface area (Å²) < 4.78 is 0. The van der Waals surface area contributed by atoms with E-state index in [1.165, 1.54) is 11.1 Å². The van der Waals surface area contributed by atoms with E-state index in [1.807, 2.05) is 0 Å². The van der Waals surface area contributed by atoms with Gasteiger partial charge in [0.25, 0.3) is 0 Å². The van der Waals surface area contributed by atoms with Gasteiger partial charge in [-0.2, -0.15) is 0 Å². The Morgan fingerprint density at radius 1 is 1.14 bits per heavy atom. The molecule has 0 fully saturated rings. The van der Waals surface area contributed by atoms with Crippen LogP contribution in [0.1, 0.15) is 38.8 Å². The van der Waals surface area contributed by atoms with Crippen molar-refractivity contribution in [3.05, 3.63) is 35.4 Å². The summed E-state index contributed by atoms with van der Waals surface area (Å²) in [6.45, 7) is 10.4. The van der Waals surface area contributed by atoms with Crippen LogP contribution < -0.4 is 10.6 Å². The second kappa shape index (κ2) is 10.8. The van der Waals surface area contributed by atoms with Crippen LogP contribution in [0.5, 0.6) is 0 Å². The molecular formula is C17H31IN4. The zero-order chi connectivity index (χ0) is 15.8. The second-order valence-electron chi connectivity index (χ2n) is 6.00. The molecule has 0 atom stereocenters. The topological polar surface area (TPSA) is 39.7 Å². The number of rotatable bonds is 6. The van der Waals surface area contributed by atoms with Crippen LogP contribution in [-0.4, -0.2) is 37.0 Å². The highest BCUT2D eigenvalue weighted by molar-refractivity contribution is 14.0. The molecule has 2 N–H and O–H groups in total. The minimum Gasteiger partial charge on any atom is -0.354 e. The predicted molar refractivity (Wildman–Crippen MR) is 107 cm³/mol. The average molecular weight is 418 g/mol. The lowest BCUT2D eigenvalue weighted by Gasteiger charge is -2.23. The van der Waals surface area contributed by atoms with Crippen molar-refractivity contribution in [3.8, 4) is 0 Å². The molecule has 0 aliphatic rings. The highest BCUT2D eigenvalue weighted by Gasteiger charge is 2.08. The Bertz CT molecular complexity index is 458. The van der Waals surface area contributed by atoms with Crippen molar-refractivity contribution in [2.45, 2.75) is 52.9 Å². The monoisotopic (exact) mass is 418 g/mol. The van der Waals surface area contributed by atoms with Gasteiger partial charge in [0.15, 0.2) is 5.96 Å². The maximum atomic E-state index is 4.25. The van der Waals surface area contributed by atoms with E-state index >= 15 is 0 Å². The van der Waals surface area contributed by atoms with Crippen LogP contribution in [0.2, 0.25) is 0 Å². The maximum absolute atomic E-state index is 4.25. The Labute approximate surface area is 152 Å². The molecule has 1 rings (SSSR count). The van der Waals surface area contributed by atoms with Crippen molar-refractivity contribution in [2.75, 3.05) is 14.1 Å². The first-order valence-corrected chi connectivity index (χ1v) is 7.68. The van der Waals surface area contributed by atoms with Crippen molar-refractivity contribution in [1.29, 1.82) is 0 Å². The van der Waals surface area contributed by atoms with Gasteiger partial charge < -0.3 is 10.6 Å². The molecule has 1 aromatic carbocycles. The zero-order valence-electron chi connectivity index (χ0n) is 14.7. The van der Waals surface area contributed by atoms with Gasteiger partial charge in [-0.1, -0.05) is 24.3 Å². The Hall–Kier alpha value is -0.820. The van der Waals surface area contributed by atoms with E-state index < -0.39 is 0 Å². The van der Waals surface area contributed by atoms with E-state index in [2.05, 4.69) is 79.5 Å². The zero-order valence-corrected chi connectivity index (χ0v) is 17.0. The largest absolute Gasteiger partial charge is 0.354 e. The summed E-state index contributed by atoms with van der Waals surface area (Å²) in [5.41, 5.74) is 2.68. The molecule has 0 aromatic heterocycles. The third kappa shape index (κ3) is 7.45. The van der Waals surface area contributed by atoms with Crippen molar-refractivity contribution >= 4 is 29.9 Å². The highest BCUT2D eigenvalue weighted by atomic mass is 127. The molecule has 1 aromatic rings. The number of aliphatic imine (C=N–C) groups is 1. The van der Waals surface area contributed by atoms with Crippen LogP contribution in [0, 0.1) is 0 Å². The van der Waals surface area contributed by atoms with Gasteiger partial charge in [-0.25, -0.2) is 0 Å². The summed E-state index contributed by atoms with van der Waals surface area (Å²) in [5.74, 6) is 0.844. The highest BCUT2D eigenvalue weighted by Crippen LogP contribution is 2.12. The van der Waals surface area contributed by atoms with Crippen LogP contribution in [0.15, 0.2) is 29.3 Å². The van der Waals surface area contributed by atoms with Gasteiger partial charge >= 0.3 is 0 Å². The third-order valence-corrected chi connectivity index (χ3v) is 3.51. The molecule has 126 valence electrons. The lowest BCUT2D eigenvalue weighted by Crippen LogP contribution is -2.40. The Morgan fingerprint density at radius 3 is 2.23 bits per heavy atom. The number of nitrogens with zero attached hydrogens (tertiary/aromatic N) is 2. The molecule has 0 bridgehead atoms. The van der Waals surface area contributed by atoms with Gasteiger partial charge in [0.05, 0.1) is 0 Å². The van der Waals surface area contributed by atoms with Crippen LogP contribution in [0.4, 0.5) is 0 Å². The van der Waals surface area contributed by atoms with Crippen molar-refractivity contribution in [1.82, 2.24) is 15.5 Å². The van der Waals surface area contributed by atoms with Crippen molar-refractivity contribution in [2.24, 2.45) is 4.99 Å². The molecule has 0 unspecified atom stereocenters. The van der Waals surface area contributed by atoms with Gasteiger partial charge in [-0.05, 0) is 45.9 Å². The lowest BCUT2D eigenvalue weighted by atomic mass is 10.1. The molecule has 0 saturated heterocycles. The van der Waals surface area contributed by atoms with Crippen LogP contribution in [0.25, 0.3) is 0 Å². The van der Waals surface area contributed by atoms with E-state index in [0.29, 0.717) is 12.1 Å². The van der Waals surface area contributed by atoms with Crippen LogP contribution in [0.3, 0.4) is 0 Å². The summed E-state index contributed by atoms with van der Waals surface area (Å²) in [6.07, 6.45) is 0. The van der Waals surface area contributed by atoms with Crippen LogP contribution in [-0.2, 0) is 13.1 Å². The molecule has 0 aliphatic carbocycles. The van der Waals surface area contributed by atoms with E-state index in [-0.39, 0.29) is 24.0 Å². The van der Waals surface area contributed by atoms with Gasteiger partial charge in [0.2, 0.25) is 0 Å². The first kappa shape index (κ1) is 21.2. The third-order valence-electron chi connectivity index (χ3n) is 3.51. The Morgan fingerprint density at radius 2 is 1.73 bits per heavy atom. The van der Waals surface area contributed by atoms with E-state index in [1.54, 1.807) is 7.05 Å². The van der Waals surface area contributed by atoms with Crippen molar-refractivity contribution in [3.63, 3.8) is 0 Å². The molecule has 0 saturated carbocycles. The molecule has 0 spiro atoms. The standard InChI is InChI=1S/C17H30N4.HI/c1-13(2)20-17(18-5)19-11-15-9-7-8-10-16(15)12-21(6)14(3)4;/h7-10,13-14H,11-12H2,1-6H3,(H2,18,19,20);1H. The molecule has 4 nitrogen and oxygen atoms in total. The molecular weight excluding hydrogens is 387 g/mol. The summed E-state index contributed by atoms with van der Waals surface area (Å²) in [6, 6.07) is 9.50.